The molecule has 1 heterocycles. The molecule has 0 radical (unpaired) electrons. The zero-order valence-electron chi connectivity index (χ0n) is 19.6. The highest BCUT2D eigenvalue weighted by atomic mass is 35.5. The first-order valence-electron chi connectivity index (χ1n) is 12.0. The summed E-state index contributed by atoms with van der Waals surface area (Å²) in [5, 5.41) is 3.38. The molecule has 1 amide bonds. The number of halogens is 1. The molecular formula is C28H27ClN2O4. The van der Waals surface area contributed by atoms with Crippen molar-refractivity contribution in [1.82, 2.24) is 4.90 Å². The van der Waals surface area contributed by atoms with E-state index in [9.17, 15) is 14.4 Å². The van der Waals surface area contributed by atoms with Gasteiger partial charge in [-0.2, -0.15) is 0 Å². The van der Waals surface area contributed by atoms with Gasteiger partial charge in [0, 0.05) is 64.6 Å². The van der Waals surface area contributed by atoms with Crippen LogP contribution in [0.25, 0.3) is 0 Å². The van der Waals surface area contributed by atoms with Gasteiger partial charge in [-0.1, -0.05) is 29.8 Å². The largest absolute Gasteiger partial charge is 0.483 e. The molecule has 2 aliphatic carbocycles. The molecule has 0 spiro atoms. The normalized spacial score (nSPS) is 18.4. The predicted octanol–water partition coefficient (Wildman–Crippen LogP) is 5.40. The van der Waals surface area contributed by atoms with Crippen LogP contribution in [0.1, 0.15) is 50.0 Å². The molecule has 0 saturated heterocycles. The Labute approximate surface area is 209 Å². The number of Topliss-reactive ketones (excluding diaryl/α,β-unsaturated/α-hetero) is 2. The number of nitrogens with zero attached hydrogens (tertiary/aromatic N) is 1. The number of amides is 1. The minimum atomic E-state index is -0.465. The number of ketones is 2. The molecule has 1 aliphatic heterocycles. The summed E-state index contributed by atoms with van der Waals surface area (Å²) < 4.78 is 5.99. The number of para-hydroxylation sites is 1. The molecule has 35 heavy (non-hydrogen) atoms. The summed E-state index contributed by atoms with van der Waals surface area (Å²) in [4.78, 5) is 41.1. The van der Waals surface area contributed by atoms with Crippen LogP contribution in [0.3, 0.4) is 0 Å². The van der Waals surface area contributed by atoms with Gasteiger partial charge in [-0.15, -0.1) is 0 Å². The van der Waals surface area contributed by atoms with Crippen LogP contribution in [0.4, 0.5) is 5.69 Å². The van der Waals surface area contributed by atoms with E-state index >= 15 is 0 Å². The zero-order chi connectivity index (χ0) is 24.5. The number of ether oxygens (including phenoxy) is 1. The highest BCUT2D eigenvalue weighted by molar-refractivity contribution is 6.30. The van der Waals surface area contributed by atoms with Gasteiger partial charge in [0.15, 0.2) is 18.2 Å². The Balaban J connectivity index is 1.48. The number of rotatable bonds is 5. The Morgan fingerprint density at radius 2 is 1.54 bits per heavy atom. The summed E-state index contributed by atoms with van der Waals surface area (Å²) in [6.45, 7) is -0.202. The van der Waals surface area contributed by atoms with Crippen molar-refractivity contribution in [3.8, 4) is 5.75 Å². The lowest BCUT2D eigenvalue weighted by Gasteiger charge is -2.42. The third-order valence-electron chi connectivity index (χ3n) is 6.96. The maximum Gasteiger partial charge on any atom is 0.262 e. The van der Waals surface area contributed by atoms with E-state index in [-0.39, 0.29) is 24.1 Å². The van der Waals surface area contributed by atoms with Crippen LogP contribution >= 0.6 is 11.6 Å². The van der Waals surface area contributed by atoms with Crippen LogP contribution in [0.5, 0.6) is 5.75 Å². The fraction of sp³-hybridized carbons (Fsp3) is 0.321. The molecule has 3 aliphatic rings. The number of nitrogens with one attached hydrogen (secondary N) is 1. The van der Waals surface area contributed by atoms with Crippen molar-refractivity contribution in [1.29, 1.82) is 0 Å². The SMILES string of the molecule is CN1C2=C(C(=O)CCC2)C(c2ccccc2OCC(=O)Nc2ccc(Cl)cc2)C2=C1CCCC2=O. The molecule has 180 valence electrons. The number of carbonyl (C=O) groups is 3. The molecule has 1 N–H and O–H groups in total. The molecule has 0 unspecified atom stereocenters. The van der Waals surface area contributed by atoms with Gasteiger partial charge in [0.1, 0.15) is 5.75 Å². The van der Waals surface area contributed by atoms with Crippen LogP contribution < -0.4 is 10.1 Å². The molecule has 0 saturated carbocycles. The summed E-state index contributed by atoms with van der Waals surface area (Å²) in [5.74, 6) is -0.101. The van der Waals surface area contributed by atoms with Crippen molar-refractivity contribution in [3.05, 3.63) is 81.7 Å². The maximum atomic E-state index is 13.2. The summed E-state index contributed by atoms with van der Waals surface area (Å²) in [6.07, 6.45) is 4.21. The molecule has 0 atom stereocenters. The second-order valence-corrected chi connectivity index (χ2v) is 9.58. The quantitative estimate of drug-likeness (QED) is 0.607. The van der Waals surface area contributed by atoms with Gasteiger partial charge in [-0.05, 0) is 56.0 Å². The molecule has 2 aromatic carbocycles. The van der Waals surface area contributed by atoms with Crippen LogP contribution in [0.15, 0.2) is 71.1 Å². The molecule has 0 bridgehead atoms. The third kappa shape index (κ3) is 4.50. The minimum absolute atomic E-state index is 0.0864. The molecule has 0 fully saturated rings. The van der Waals surface area contributed by atoms with E-state index < -0.39 is 5.92 Å². The van der Waals surface area contributed by atoms with Gasteiger partial charge in [0.05, 0.1) is 0 Å². The average Bonchev–Trinajstić information content (AvgIpc) is 2.86. The number of hydrogen-bond acceptors (Lipinski definition) is 5. The van der Waals surface area contributed by atoms with Crippen LogP contribution in [-0.2, 0) is 14.4 Å². The zero-order valence-corrected chi connectivity index (χ0v) is 20.4. The monoisotopic (exact) mass is 490 g/mol. The van der Waals surface area contributed by atoms with E-state index in [0.717, 1.165) is 42.6 Å². The van der Waals surface area contributed by atoms with Gasteiger partial charge in [-0.3, -0.25) is 14.4 Å². The second kappa shape index (κ2) is 9.70. The molecule has 6 nitrogen and oxygen atoms in total. The lowest BCUT2D eigenvalue weighted by Crippen LogP contribution is -2.37. The molecular weight excluding hydrogens is 464 g/mol. The Bertz CT molecular complexity index is 1220. The number of benzene rings is 2. The first-order valence-corrected chi connectivity index (χ1v) is 12.3. The van der Waals surface area contributed by atoms with E-state index in [1.54, 1.807) is 30.3 Å². The number of carbonyl (C=O) groups excluding carboxylic acids is 3. The summed E-state index contributed by atoms with van der Waals surface area (Å²) in [6, 6.07) is 14.3. The van der Waals surface area contributed by atoms with E-state index in [1.807, 2.05) is 25.2 Å². The standard InChI is InChI=1S/C28H27ClN2O4/c1-31-20-7-4-9-22(32)27(20)26(28-21(31)8-5-10-23(28)33)19-6-2-3-11-24(19)35-16-25(34)30-18-14-12-17(29)13-15-18/h2-3,6,11-15,26H,4-5,7-10,16H2,1H3,(H,30,34). The van der Waals surface area contributed by atoms with Crippen LogP contribution in [-0.4, -0.2) is 36.0 Å². The van der Waals surface area contributed by atoms with E-state index in [0.29, 0.717) is 40.4 Å². The van der Waals surface area contributed by atoms with Crippen molar-refractivity contribution in [3.63, 3.8) is 0 Å². The Kier molecular flexibility index (Phi) is 6.48. The lowest BCUT2D eigenvalue weighted by atomic mass is 9.71. The first-order chi connectivity index (χ1) is 16.9. The minimum Gasteiger partial charge on any atom is -0.483 e. The van der Waals surface area contributed by atoms with E-state index in [2.05, 4.69) is 10.2 Å². The number of hydrogen-bond donors (Lipinski definition) is 1. The maximum absolute atomic E-state index is 13.2. The number of anilines is 1. The lowest BCUT2D eigenvalue weighted by molar-refractivity contribution is -0.119. The molecule has 0 aromatic heterocycles. The molecule has 2 aromatic rings. The van der Waals surface area contributed by atoms with E-state index in [1.165, 1.54) is 0 Å². The van der Waals surface area contributed by atoms with Crippen molar-refractivity contribution in [2.45, 2.75) is 44.4 Å². The Hall–Kier alpha value is -3.38. The average molecular weight is 491 g/mol. The summed E-state index contributed by atoms with van der Waals surface area (Å²) >= 11 is 5.91. The molecule has 5 rings (SSSR count). The smallest absolute Gasteiger partial charge is 0.262 e. The van der Waals surface area contributed by atoms with Crippen LogP contribution in [0.2, 0.25) is 5.02 Å². The number of allylic oxidation sites excluding steroid dienone is 4. The van der Waals surface area contributed by atoms with Gasteiger partial charge < -0.3 is 15.0 Å². The van der Waals surface area contributed by atoms with Gasteiger partial charge in [0.25, 0.3) is 5.91 Å². The summed E-state index contributed by atoms with van der Waals surface area (Å²) in [5.41, 5.74) is 4.80. The fourth-order valence-corrected chi connectivity index (χ4v) is 5.51. The van der Waals surface area contributed by atoms with Gasteiger partial charge in [-0.25, -0.2) is 0 Å². The predicted molar refractivity (Wildman–Crippen MR) is 134 cm³/mol. The fourth-order valence-electron chi connectivity index (χ4n) is 5.39. The van der Waals surface area contributed by atoms with Gasteiger partial charge in [0.2, 0.25) is 0 Å². The van der Waals surface area contributed by atoms with E-state index in [4.69, 9.17) is 16.3 Å². The van der Waals surface area contributed by atoms with Crippen LogP contribution in [0, 0.1) is 0 Å². The topological polar surface area (TPSA) is 75.7 Å². The van der Waals surface area contributed by atoms with Crippen molar-refractivity contribution >= 4 is 34.8 Å². The highest BCUT2D eigenvalue weighted by Crippen LogP contribution is 2.50. The first kappa shape index (κ1) is 23.4. The van der Waals surface area contributed by atoms with Crippen molar-refractivity contribution in [2.24, 2.45) is 0 Å². The third-order valence-corrected chi connectivity index (χ3v) is 7.21. The highest BCUT2D eigenvalue weighted by Gasteiger charge is 2.43. The van der Waals surface area contributed by atoms with Gasteiger partial charge >= 0.3 is 0 Å². The Morgan fingerprint density at radius 3 is 2.17 bits per heavy atom. The molecule has 7 heteroatoms. The summed E-state index contributed by atoms with van der Waals surface area (Å²) in [7, 11) is 1.97. The second-order valence-electron chi connectivity index (χ2n) is 9.15. The van der Waals surface area contributed by atoms with Crippen molar-refractivity contribution in [2.75, 3.05) is 19.0 Å². The Morgan fingerprint density at radius 1 is 0.943 bits per heavy atom. The van der Waals surface area contributed by atoms with Crippen molar-refractivity contribution < 1.29 is 19.1 Å².